The van der Waals surface area contributed by atoms with E-state index >= 15 is 0 Å². The molecule has 1 saturated carbocycles. The van der Waals surface area contributed by atoms with Gasteiger partial charge in [0, 0.05) is 0 Å². The van der Waals surface area contributed by atoms with Gasteiger partial charge < -0.3 is 0 Å². The van der Waals surface area contributed by atoms with E-state index in [9.17, 15) is 0 Å². The second-order valence-electron chi connectivity index (χ2n) is 7.72. The molecule has 114 valence electrons. The largest absolute Gasteiger partial charge is 0.0654 e. The minimum absolute atomic E-state index is 0.571. The Morgan fingerprint density at radius 1 is 0.895 bits per heavy atom. The van der Waals surface area contributed by atoms with Crippen LogP contribution in [0, 0.1) is 23.2 Å². The Morgan fingerprint density at radius 2 is 1.58 bits per heavy atom. The zero-order valence-corrected chi connectivity index (χ0v) is 14.3. The Labute approximate surface area is 122 Å². The fourth-order valence-corrected chi connectivity index (χ4v) is 4.04. The van der Waals surface area contributed by atoms with Gasteiger partial charge in [0.1, 0.15) is 0 Å². The van der Waals surface area contributed by atoms with Crippen molar-refractivity contribution in [2.75, 3.05) is 0 Å². The summed E-state index contributed by atoms with van der Waals surface area (Å²) in [5.41, 5.74) is 0.571. The molecule has 0 saturated heterocycles. The molecule has 0 nitrogen and oxygen atoms in total. The quantitative estimate of drug-likeness (QED) is 0.429. The molecule has 0 N–H and O–H groups in total. The summed E-state index contributed by atoms with van der Waals surface area (Å²) in [7, 11) is 0. The summed E-state index contributed by atoms with van der Waals surface area (Å²) in [5.74, 6) is 3.18. The van der Waals surface area contributed by atoms with Gasteiger partial charge in [-0.3, -0.25) is 0 Å². The van der Waals surface area contributed by atoms with Crippen LogP contribution >= 0.6 is 0 Å². The minimum Gasteiger partial charge on any atom is -0.0654 e. The van der Waals surface area contributed by atoms with E-state index in [0.29, 0.717) is 5.41 Å². The molecule has 19 heavy (non-hydrogen) atoms. The molecule has 1 aliphatic carbocycles. The van der Waals surface area contributed by atoms with Crippen LogP contribution in [0.1, 0.15) is 98.8 Å². The predicted molar refractivity (Wildman–Crippen MR) is 87.4 cm³/mol. The van der Waals surface area contributed by atoms with E-state index in [1.807, 2.05) is 0 Å². The maximum absolute atomic E-state index is 2.44. The van der Waals surface area contributed by atoms with Crippen molar-refractivity contribution in [3.05, 3.63) is 0 Å². The van der Waals surface area contributed by atoms with Gasteiger partial charge in [0.15, 0.2) is 0 Å². The predicted octanol–water partition coefficient (Wildman–Crippen LogP) is 6.84. The Kier molecular flexibility index (Phi) is 7.47. The van der Waals surface area contributed by atoms with Crippen LogP contribution in [0.3, 0.4) is 0 Å². The Balaban J connectivity index is 2.38. The maximum atomic E-state index is 2.44. The van der Waals surface area contributed by atoms with Gasteiger partial charge in [0.05, 0.1) is 0 Å². The smallest absolute Gasteiger partial charge is 0.0357 e. The number of rotatable bonds is 9. The van der Waals surface area contributed by atoms with Crippen LogP contribution in [0.25, 0.3) is 0 Å². The van der Waals surface area contributed by atoms with Crippen molar-refractivity contribution >= 4 is 0 Å². The molecule has 0 aliphatic heterocycles. The lowest BCUT2D eigenvalue weighted by molar-refractivity contribution is 0.242. The highest BCUT2D eigenvalue weighted by molar-refractivity contribution is 4.84. The van der Waals surface area contributed by atoms with Crippen LogP contribution in [0.2, 0.25) is 0 Å². The molecule has 0 spiro atoms. The Morgan fingerprint density at radius 3 is 2.16 bits per heavy atom. The second-order valence-corrected chi connectivity index (χ2v) is 7.72. The topological polar surface area (TPSA) is 0 Å². The van der Waals surface area contributed by atoms with Gasteiger partial charge in [-0.25, -0.2) is 0 Å². The zero-order chi connectivity index (χ0) is 14.3. The van der Waals surface area contributed by atoms with E-state index in [1.54, 1.807) is 0 Å². The summed E-state index contributed by atoms with van der Waals surface area (Å²) in [5, 5.41) is 0. The van der Waals surface area contributed by atoms with Crippen LogP contribution in [-0.4, -0.2) is 0 Å². The van der Waals surface area contributed by atoms with E-state index in [2.05, 4.69) is 34.6 Å². The van der Waals surface area contributed by atoms with Crippen LogP contribution in [0.5, 0.6) is 0 Å². The molecular formula is C19H38. The van der Waals surface area contributed by atoms with E-state index in [-0.39, 0.29) is 0 Å². The highest BCUT2D eigenvalue weighted by Crippen LogP contribution is 2.44. The average Bonchev–Trinajstić information content (AvgIpc) is 2.78. The molecule has 0 aromatic heterocycles. The van der Waals surface area contributed by atoms with Crippen molar-refractivity contribution in [3.8, 4) is 0 Å². The van der Waals surface area contributed by atoms with E-state index in [0.717, 1.165) is 17.8 Å². The number of hydrogen-bond acceptors (Lipinski definition) is 0. The first-order valence-electron chi connectivity index (χ1n) is 9.04. The third kappa shape index (κ3) is 5.48. The lowest BCUT2D eigenvalue weighted by Gasteiger charge is -2.27. The van der Waals surface area contributed by atoms with Crippen molar-refractivity contribution in [2.24, 2.45) is 23.2 Å². The monoisotopic (exact) mass is 266 g/mol. The van der Waals surface area contributed by atoms with E-state index in [4.69, 9.17) is 0 Å². The average molecular weight is 267 g/mol. The Bertz CT molecular complexity index is 228. The summed E-state index contributed by atoms with van der Waals surface area (Å²) in [6.07, 6.45) is 14.5. The molecule has 0 aromatic rings. The SMILES string of the molecule is CCCCC1C(CC)CCC1CCCC(C)(C)CC. The molecule has 3 atom stereocenters. The van der Waals surface area contributed by atoms with Crippen molar-refractivity contribution in [2.45, 2.75) is 98.8 Å². The van der Waals surface area contributed by atoms with Crippen molar-refractivity contribution < 1.29 is 0 Å². The fourth-order valence-electron chi connectivity index (χ4n) is 4.04. The molecule has 0 amide bonds. The van der Waals surface area contributed by atoms with Gasteiger partial charge in [-0.1, -0.05) is 73.1 Å². The van der Waals surface area contributed by atoms with Crippen molar-refractivity contribution in [3.63, 3.8) is 0 Å². The number of hydrogen-bond donors (Lipinski definition) is 0. The lowest BCUT2D eigenvalue weighted by atomic mass is 9.79. The lowest BCUT2D eigenvalue weighted by Crippen LogP contribution is -2.16. The van der Waals surface area contributed by atoms with Crippen LogP contribution < -0.4 is 0 Å². The first kappa shape index (κ1) is 17.1. The molecule has 0 radical (unpaired) electrons. The molecule has 0 heteroatoms. The van der Waals surface area contributed by atoms with Crippen LogP contribution in [0.4, 0.5) is 0 Å². The van der Waals surface area contributed by atoms with E-state index < -0.39 is 0 Å². The van der Waals surface area contributed by atoms with Gasteiger partial charge in [-0.15, -0.1) is 0 Å². The molecular weight excluding hydrogens is 228 g/mol. The minimum atomic E-state index is 0.571. The molecule has 0 aromatic carbocycles. The van der Waals surface area contributed by atoms with Crippen LogP contribution in [0.15, 0.2) is 0 Å². The Hall–Kier alpha value is 0. The zero-order valence-electron chi connectivity index (χ0n) is 14.3. The first-order valence-corrected chi connectivity index (χ1v) is 9.04. The molecule has 0 bridgehead atoms. The highest BCUT2D eigenvalue weighted by atomic mass is 14.4. The standard InChI is InChI=1S/C19H38/c1-6-9-12-18-16(7-2)13-14-17(18)11-10-15-19(4,5)8-3/h16-18H,6-15H2,1-5H3. The van der Waals surface area contributed by atoms with Gasteiger partial charge in [0.2, 0.25) is 0 Å². The third-order valence-corrected chi connectivity index (χ3v) is 5.92. The first-order chi connectivity index (χ1) is 9.04. The van der Waals surface area contributed by atoms with Crippen molar-refractivity contribution in [1.82, 2.24) is 0 Å². The van der Waals surface area contributed by atoms with Gasteiger partial charge in [0.25, 0.3) is 0 Å². The normalized spacial score (nSPS) is 27.9. The number of unbranched alkanes of at least 4 members (excludes halogenated alkanes) is 1. The summed E-state index contributed by atoms with van der Waals surface area (Å²) >= 11 is 0. The molecule has 1 aliphatic rings. The maximum Gasteiger partial charge on any atom is -0.0357 e. The molecule has 1 fully saturated rings. The summed E-state index contributed by atoms with van der Waals surface area (Å²) in [6.45, 7) is 12.0. The summed E-state index contributed by atoms with van der Waals surface area (Å²) < 4.78 is 0. The summed E-state index contributed by atoms with van der Waals surface area (Å²) in [6, 6.07) is 0. The highest BCUT2D eigenvalue weighted by Gasteiger charge is 2.33. The van der Waals surface area contributed by atoms with Gasteiger partial charge in [-0.2, -0.15) is 0 Å². The molecule has 3 unspecified atom stereocenters. The van der Waals surface area contributed by atoms with Crippen molar-refractivity contribution in [1.29, 1.82) is 0 Å². The van der Waals surface area contributed by atoms with Gasteiger partial charge >= 0.3 is 0 Å². The van der Waals surface area contributed by atoms with E-state index in [1.165, 1.54) is 64.2 Å². The van der Waals surface area contributed by atoms with Gasteiger partial charge in [-0.05, 0) is 48.9 Å². The fraction of sp³-hybridized carbons (Fsp3) is 1.00. The molecule has 0 heterocycles. The molecule has 1 rings (SSSR count). The van der Waals surface area contributed by atoms with Crippen LogP contribution in [-0.2, 0) is 0 Å². The second kappa shape index (κ2) is 8.32. The third-order valence-electron chi connectivity index (χ3n) is 5.92. The summed E-state index contributed by atoms with van der Waals surface area (Å²) in [4.78, 5) is 0.